The van der Waals surface area contributed by atoms with Gasteiger partial charge in [0.15, 0.2) is 0 Å². The largest absolute Gasteiger partial charge is 0.416 e. The Morgan fingerprint density at radius 1 is 0.408 bits per heavy atom. The zero-order chi connectivity index (χ0) is 32.6. The maximum Gasteiger partial charge on any atom is 0.248 e. The van der Waals surface area contributed by atoms with Crippen LogP contribution in [-0.4, -0.2) is 14.8 Å². The number of benzene rings is 7. The first-order chi connectivity index (χ1) is 24.3. The minimum atomic E-state index is 0.478. The molecule has 0 aliphatic carbocycles. The van der Waals surface area contributed by atoms with Crippen LogP contribution in [0.4, 0.5) is 17.1 Å². The van der Waals surface area contributed by atoms with Crippen LogP contribution in [0.1, 0.15) is 0 Å². The van der Waals surface area contributed by atoms with E-state index in [9.17, 15) is 0 Å². The lowest BCUT2D eigenvalue weighted by molar-refractivity contribution is 0.585. The molecule has 9 aromatic rings. The Morgan fingerprint density at radius 3 is 1.76 bits per heavy atom. The Kier molecular flexibility index (Phi) is 7.06. The highest BCUT2D eigenvalue weighted by atomic mass is 16.4. The van der Waals surface area contributed by atoms with E-state index in [1.54, 1.807) is 0 Å². The predicted octanol–water partition coefficient (Wildman–Crippen LogP) is 11.6. The van der Waals surface area contributed by atoms with Crippen LogP contribution in [-0.2, 0) is 0 Å². The van der Waals surface area contributed by atoms with Gasteiger partial charge in [-0.05, 0) is 90.0 Å². The topological polar surface area (TPSA) is 47.1 Å². The second-order valence-corrected chi connectivity index (χ2v) is 11.9. The number of hydrogen-bond acceptors (Lipinski definition) is 4. The highest BCUT2D eigenvalue weighted by Gasteiger charge is 2.19. The summed E-state index contributed by atoms with van der Waals surface area (Å²) in [5, 5.41) is 11.3. The first-order valence-corrected chi connectivity index (χ1v) is 16.3. The van der Waals surface area contributed by atoms with Gasteiger partial charge in [-0.2, -0.15) is 0 Å². The summed E-state index contributed by atoms with van der Waals surface area (Å²) in [5.74, 6) is 0.971. The van der Waals surface area contributed by atoms with Gasteiger partial charge in [0, 0.05) is 44.6 Å². The summed E-state index contributed by atoms with van der Waals surface area (Å²) < 4.78 is 8.62. The standard InChI is InChI=1S/C44H30N4O/c1-4-14-31(15-5-1)37-20-10-11-22-39(37)44-46-45-43(49-44)32-24-26-35(27-25-32)47(33-16-6-2-7-17-33)36-28-29-42-40(30-36)38-21-12-13-23-41(38)48(42)34-18-8-3-9-19-34/h1-30H. The summed E-state index contributed by atoms with van der Waals surface area (Å²) in [6.45, 7) is 0. The molecule has 0 bridgehead atoms. The molecule has 0 saturated heterocycles. The van der Waals surface area contributed by atoms with Crippen LogP contribution in [0.2, 0.25) is 0 Å². The van der Waals surface area contributed by atoms with E-state index in [4.69, 9.17) is 4.42 Å². The van der Waals surface area contributed by atoms with Gasteiger partial charge in [-0.1, -0.05) is 103 Å². The highest BCUT2D eigenvalue weighted by Crippen LogP contribution is 2.40. The molecule has 232 valence electrons. The number of nitrogens with zero attached hydrogens (tertiary/aromatic N) is 4. The highest BCUT2D eigenvalue weighted by molar-refractivity contribution is 6.10. The van der Waals surface area contributed by atoms with Crippen LogP contribution in [0.25, 0.3) is 61.5 Å². The smallest absolute Gasteiger partial charge is 0.248 e. The molecule has 2 aromatic heterocycles. The van der Waals surface area contributed by atoms with E-state index in [0.717, 1.165) is 45.0 Å². The molecule has 0 saturated carbocycles. The van der Waals surface area contributed by atoms with E-state index in [1.807, 2.05) is 54.6 Å². The normalized spacial score (nSPS) is 11.3. The van der Waals surface area contributed by atoms with E-state index in [0.29, 0.717) is 11.8 Å². The molecular weight excluding hydrogens is 601 g/mol. The Morgan fingerprint density at radius 2 is 0.980 bits per heavy atom. The van der Waals surface area contributed by atoms with Crippen molar-refractivity contribution in [2.75, 3.05) is 4.90 Å². The monoisotopic (exact) mass is 630 g/mol. The number of hydrogen-bond donors (Lipinski definition) is 0. The zero-order valence-corrected chi connectivity index (χ0v) is 26.5. The van der Waals surface area contributed by atoms with Crippen molar-refractivity contribution in [1.82, 2.24) is 14.8 Å². The number of aromatic nitrogens is 3. The molecule has 0 radical (unpaired) electrons. The Labute approximate surface area is 284 Å². The van der Waals surface area contributed by atoms with Crippen LogP contribution in [0.5, 0.6) is 0 Å². The van der Waals surface area contributed by atoms with Gasteiger partial charge < -0.3 is 13.9 Å². The van der Waals surface area contributed by atoms with Gasteiger partial charge in [0.2, 0.25) is 11.8 Å². The second-order valence-electron chi connectivity index (χ2n) is 11.9. The van der Waals surface area contributed by atoms with Crippen molar-refractivity contribution >= 4 is 38.9 Å². The second kappa shape index (κ2) is 12.1. The van der Waals surface area contributed by atoms with Gasteiger partial charge in [0.05, 0.1) is 11.0 Å². The molecule has 49 heavy (non-hydrogen) atoms. The van der Waals surface area contributed by atoms with E-state index in [-0.39, 0.29) is 0 Å². The quantitative estimate of drug-likeness (QED) is 0.176. The molecule has 0 N–H and O–H groups in total. The van der Waals surface area contributed by atoms with Crippen molar-refractivity contribution in [2.24, 2.45) is 0 Å². The summed E-state index contributed by atoms with van der Waals surface area (Å²) in [6, 6.07) is 63.1. The Bertz CT molecular complexity index is 2540. The van der Waals surface area contributed by atoms with Gasteiger partial charge in [0.25, 0.3) is 0 Å². The number of rotatable bonds is 7. The maximum absolute atomic E-state index is 6.28. The van der Waals surface area contributed by atoms with Crippen molar-refractivity contribution in [3.05, 3.63) is 182 Å². The molecule has 0 aliphatic rings. The van der Waals surface area contributed by atoms with Crippen molar-refractivity contribution in [3.8, 4) is 39.7 Å². The summed E-state index contributed by atoms with van der Waals surface area (Å²) in [7, 11) is 0. The van der Waals surface area contributed by atoms with Gasteiger partial charge in [-0.3, -0.25) is 0 Å². The fourth-order valence-electron chi connectivity index (χ4n) is 6.72. The van der Waals surface area contributed by atoms with Crippen LogP contribution in [0.3, 0.4) is 0 Å². The van der Waals surface area contributed by atoms with E-state index >= 15 is 0 Å². The van der Waals surface area contributed by atoms with Crippen LogP contribution >= 0.6 is 0 Å². The SMILES string of the molecule is c1ccc(-c2ccccc2-c2nnc(-c3ccc(N(c4ccccc4)c4ccc5c(c4)c4ccccc4n5-c4ccccc4)cc3)o2)cc1. The van der Waals surface area contributed by atoms with Crippen LogP contribution < -0.4 is 4.90 Å². The lowest BCUT2D eigenvalue weighted by Gasteiger charge is -2.25. The minimum Gasteiger partial charge on any atom is -0.416 e. The summed E-state index contributed by atoms with van der Waals surface area (Å²) in [4.78, 5) is 2.28. The Hall–Kier alpha value is -6.72. The molecule has 0 unspecified atom stereocenters. The molecule has 0 spiro atoms. The van der Waals surface area contributed by atoms with Crippen molar-refractivity contribution < 1.29 is 4.42 Å². The molecule has 7 aromatic carbocycles. The van der Waals surface area contributed by atoms with Crippen molar-refractivity contribution in [3.63, 3.8) is 0 Å². The van der Waals surface area contributed by atoms with E-state index < -0.39 is 0 Å². The zero-order valence-electron chi connectivity index (χ0n) is 26.5. The number of anilines is 3. The predicted molar refractivity (Wildman–Crippen MR) is 200 cm³/mol. The summed E-state index contributed by atoms with van der Waals surface area (Å²) in [6.07, 6.45) is 0. The molecule has 5 heteroatoms. The maximum atomic E-state index is 6.28. The lowest BCUT2D eigenvalue weighted by Crippen LogP contribution is -2.09. The molecule has 0 atom stereocenters. The fourth-order valence-corrected chi connectivity index (χ4v) is 6.72. The molecule has 0 aliphatic heterocycles. The molecule has 2 heterocycles. The number of fused-ring (bicyclic) bond motifs is 3. The van der Waals surface area contributed by atoms with E-state index in [2.05, 4.69) is 147 Å². The molecule has 0 fully saturated rings. The van der Waals surface area contributed by atoms with Crippen molar-refractivity contribution in [2.45, 2.75) is 0 Å². The third-order valence-corrected chi connectivity index (χ3v) is 8.98. The molecule has 0 amide bonds. The van der Waals surface area contributed by atoms with Gasteiger partial charge in [0.1, 0.15) is 0 Å². The Balaban J connectivity index is 1.11. The van der Waals surface area contributed by atoms with Gasteiger partial charge >= 0.3 is 0 Å². The fraction of sp³-hybridized carbons (Fsp3) is 0. The molecule has 5 nitrogen and oxygen atoms in total. The van der Waals surface area contributed by atoms with Crippen LogP contribution in [0.15, 0.2) is 186 Å². The first kappa shape index (κ1) is 28.5. The summed E-state index contributed by atoms with van der Waals surface area (Å²) in [5.41, 5.74) is 10.6. The molecule has 9 rings (SSSR count). The molecular formula is C44H30N4O. The first-order valence-electron chi connectivity index (χ1n) is 16.3. The van der Waals surface area contributed by atoms with Gasteiger partial charge in [-0.25, -0.2) is 0 Å². The lowest BCUT2D eigenvalue weighted by atomic mass is 10.00. The minimum absolute atomic E-state index is 0.478. The average molecular weight is 631 g/mol. The van der Waals surface area contributed by atoms with Gasteiger partial charge in [-0.15, -0.1) is 10.2 Å². The third-order valence-electron chi connectivity index (χ3n) is 8.98. The third kappa shape index (κ3) is 5.14. The van der Waals surface area contributed by atoms with Crippen molar-refractivity contribution in [1.29, 1.82) is 0 Å². The summed E-state index contributed by atoms with van der Waals surface area (Å²) >= 11 is 0. The average Bonchev–Trinajstić information content (AvgIpc) is 3.80. The van der Waals surface area contributed by atoms with E-state index in [1.165, 1.54) is 21.8 Å². The number of para-hydroxylation sites is 3. The van der Waals surface area contributed by atoms with Crippen LogP contribution in [0, 0.1) is 0 Å².